The minimum absolute atomic E-state index is 0.0207. The fourth-order valence-corrected chi connectivity index (χ4v) is 1.39. The summed E-state index contributed by atoms with van der Waals surface area (Å²) in [5, 5.41) is 0. The molecule has 0 radical (unpaired) electrons. The van der Waals surface area contributed by atoms with Gasteiger partial charge in [-0.05, 0) is 6.42 Å². The van der Waals surface area contributed by atoms with Crippen molar-refractivity contribution in [1.82, 2.24) is 0 Å². The van der Waals surface area contributed by atoms with Crippen LogP contribution in [0.3, 0.4) is 0 Å². The Kier molecular flexibility index (Phi) is 3.80. The maximum absolute atomic E-state index is 11.0. The third-order valence-electron chi connectivity index (χ3n) is 2.13. The van der Waals surface area contributed by atoms with E-state index in [0.29, 0.717) is 0 Å². The van der Waals surface area contributed by atoms with Crippen LogP contribution in [0.2, 0.25) is 0 Å². The summed E-state index contributed by atoms with van der Waals surface area (Å²) in [6, 6.07) is 0. The van der Waals surface area contributed by atoms with E-state index in [9.17, 15) is 4.79 Å². The van der Waals surface area contributed by atoms with E-state index >= 15 is 0 Å². The normalized spacial score (nSPS) is 22.2. The molecule has 3 nitrogen and oxygen atoms in total. The summed E-state index contributed by atoms with van der Waals surface area (Å²) in [6.45, 7) is 2.12. The van der Waals surface area contributed by atoms with Crippen LogP contribution in [0.1, 0.15) is 32.6 Å². The maximum atomic E-state index is 11.0. The van der Waals surface area contributed by atoms with Crippen LogP contribution in [0.4, 0.5) is 0 Å². The molecule has 1 atom stereocenters. The molecule has 0 fully saturated rings. The van der Waals surface area contributed by atoms with Gasteiger partial charge in [0.2, 0.25) is 0 Å². The zero-order valence-corrected chi connectivity index (χ0v) is 8.21. The Hall–Kier alpha value is -0.990. The Balaban J connectivity index is 2.44. The number of rotatable bonds is 4. The second kappa shape index (κ2) is 4.90. The number of hydrogen-bond donors (Lipinski definition) is 0. The predicted molar refractivity (Wildman–Crippen MR) is 49.1 cm³/mol. The van der Waals surface area contributed by atoms with Gasteiger partial charge in [-0.15, -0.1) is 0 Å². The van der Waals surface area contributed by atoms with Crippen LogP contribution in [0.15, 0.2) is 11.8 Å². The number of hydrogen-bond acceptors (Lipinski definition) is 3. The summed E-state index contributed by atoms with van der Waals surface area (Å²) in [4.78, 5) is 11.0. The van der Waals surface area contributed by atoms with Gasteiger partial charge in [0.25, 0.3) is 0 Å². The van der Waals surface area contributed by atoms with Crippen molar-refractivity contribution in [2.45, 2.75) is 38.7 Å². The molecule has 0 N–H and O–H groups in total. The minimum Gasteiger partial charge on any atom is -0.501 e. The molecule has 0 saturated heterocycles. The zero-order valence-electron chi connectivity index (χ0n) is 8.21. The molecule has 1 unspecified atom stereocenters. The highest BCUT2D eigenvalue weighted by Crippen LogP contribution is 2.19. The molecule has 0 spiro atoms. The van der Waals surface area contributed by atoms with E-state index in [1.54, 1.807) is 7.11 Å². The van der Waals surface area contributed by atoms with Crippen molar-refractivity contribution < 1.29 is 14.3 Å². The molecule has 0 aliphatic carbocycles. The molecule has 0 bridgehead atoms. The summed E-state index contributed by atoms with van der Waals surface area (Å²) in [7, 11) is 1.58. The van der Waals surface area contributed by atoms with Gasteiger partial charge >= 0.3 is 5.97 Å². The number of esters is 1. The number of methoxy groups -OCH3 is 1. The van der Waals surface area contributed by atoms with Crippen molar-refractivity contribution in [3.05, 3.63) is 11.8 Å². The smallest absolute Gasteiger partial charge is 0.334 e. The van der Waals surface area contributed by atoms with Crippen molar-refractivity contribution in [1.29, 1.82) is 0 Å². The molecule has 3 heteroatoms. The summed E-state index contributed by atoms with van der Waals surface area (Å²) >= 11 is 0. The Morgan fingerprint density at radius 2 is 2.46 bits per heavy atom. The number of ether oxygens (including phenoxy) is 2. The SMILES string of the molecule is CCCCC1CC(OC)=CC(=O)O1. The maximum Gasteiger partial charge on any atom is 0.334 e. The molecule has 1 aliphatic rings. The Labute approximate surface area is 78.7 Å². The van der Waals surface area contributed by atoms with Crippen molar-refractivity contribution in [2.24, 2.45) is 0 Å². The van der Waals surface area contributed by atoms with Crippen molar-refractivity contribution >= 4 is 5.97 Å². The molecule has 0 amide bonds. The van der Waals surface area contributed by atoms with E-state index in [0.717, 1.165) is 31.4 Å². The molecule has 0 aromatic heterocycles. The monoisotopic (exact) mass is 184 g/mol. The van der Waals surface area contributed by atoms with Gasteiger partial charge in [-0.1, -0.05) is 19.8 Å². The minimum atomic E-state index is -0.274. The fraction of sp³-hybridized carbons (Fsp3) is 0.700. The van der Waals surface area contributed by atoms with E-state index in [1.165, 1.54) is 6.08 Å². The van der Waals surface area contributed by atoms with Gasteiger partial charge in [-0.2, -0.15) is 0 Å². The molecule has 0 saturated carbocycles. The van der Waals surface area contributed by atoms with E-state index in [4.69, 9.17) is 9.47 Å². The third-order valence-corrected chi connectivity index (χ3v) is 2.13. The van der Waals surface area contributed by atoms with E-state index in [-0.39, 0.29) is 12.1 Å². The standard InChI is InChI=1S/C10H16O3/c1-3-4-5-8-6-9(12-2)7-10(11)13-8/h7-8H,3-6H2,1-2H3. The summed E-state index contributed by atoms with van der Waals surface area (Å²) in [5.41, 5.74) is 0. The van der Waals surface area contributed by atoms with Crippen LogP contribution in [0, 0.1) is 0 Å². The first-order chi connectivity index (χ1) is 6.26. The topological polar surface area (TPSA) is 35.5 Å². The van der Waals surface area contributed by atoms with Crippen LogP contribution >= 0.6 is 0 Å². The summed E-state index contributed by atoms with van der Waals surface area (Å²) in [5.74, 6) is 0.460. The first kappa shape index (κ1) is 10.1. The van der Waals surface area contributed by atoms with Gasteiger partial charge in [-0.25, -0.2) is 4.79 Å². The van der Waals surface area contributed by atoms with Gasteiger partial charge in [0, 0.05) is 6.42 Å². The molecular formula is C10H16O3. The second-order valence-corrected chi connectivity index (χ2v) is 3.22. The molecule has 1 heterocycles. The molecule has 1 aliphatic heterocycles. The van der Waals surface area contributed by atoms with Gasteiger partial charge in [0.15, 0.2) is 0 Å². The largest absolute Gasteiger partial charge is 0.501 e. The second-order valence-electron chi connectivity index (χ2n) is 3.22. The van der Waals surface area contributed by atoms with E-state index < -0.39 is 0 Å². The van der Waals surface area contributed by atoms with E-state index in [2.05, 4.69) is 6.92 Å². The Morgan fingerprint density at radius 1 is 1.69 bits per heavy atom. The highest BCUT2D eigenvalue weighted by atomic mass is 16.5. The lowest BCUT2D eigenvalue weighted by molar-refractivity contribution is -0.145. The Morgan fingerprint density at radius 3 is 3.08 bits per heavy atom. The first-order valence-electron chi connectivity index (χ1n) is 4.71. The molecule has 1 rings (SSSR count). The van der Waals surface area contributed by atoms with Crippen LogP contribution in [-0.4, -0.2) is 19.2 Å². The van der Waals surface area contributed by atoms with Crippen LogP contribution in [0.5, 0.6) is 0 Å². The van der Waals surface area contributed by atoms with Crippen LogP contribution in [0.25, 0.3) is 0 Å². The molecule has 0 aromatic rings. The number of carbonyl (C=O) groups is 1. The lowest BCUT2D eigenvalue weighted by atomic mass is 10.1. The van der Waals surface area contributed by atoms with Crippen molar-refractivity contribution in [2.75, 3.05) is 7.11 Å². The number of carbonyl (C=O) groups excluding carboxylic acids is 1. The lowest BCUT2D eigenvalue weighted by Crippen LogP contribution is -2.23. The molecular weight excluding hydrogens is 168 g/mol. The van der Waals surface area contributed by atoms with Gasteiger partial charge in [0.1, 0.15) is 11.9 Å². The van der Waals surface area contributed by atoms with Crippen molar-refractivity contribution in [3.63, 3.8) is 0 Å². The lowest BCUT2D eigenvalue weighted by Gasteiger charge is -2.21. The number of cyclic esters (lactones) is 1. The van der Waals surface area contributed by atoms with Gasteiger partial charge in [0.05, 0.1) is 13.2 Å². The summed E-state index contributed by atoms with van der Waals surface area (Å²) in [6.07, 6.45) is 5.32. The quantitative estimate of drug-likeness (QED) is 0.627. The highest BCUT2D eigenvalue weighted by Gasteiger charge is 2.21. The van der Waals surface area contributed by atoms with E-state index in [1.807, 2.05) is 0 Å². The Bertz CT molecular complexity index is 208. The predicted octanol–water partition coefficient (Wildman–Crippen LogP) is 2.02. The molecule has 74 valence electrons. The van der Waals surface area contributed by atoms with Crippen LogP contribution < -0.4 is 0 Å². The van der Waals surface area contributed by atoms with Gasteiger partial charge < -0.3 is 9.47 Å². The third kappa shape index (κ3) is 3.09. The summed E-state index contributed by atoms with van der Waals surface area (Å²) < 4.78 is 10.2. The first-order valence-corrected chi connectivity index (χ1v) is 4.71. The number of unbranched alkanes of at least 4 members (excludes halogenated alkanes) is 1. The molecule has 13 heavy (non-hydrogen) atoms. The highest BCUT2D eigenvalue weighted by molar-refractivity contribution is 5.83. The van der Waals surface area contributed by atoms with Crippen LogP contribution in [-0.2, 0) is 14.3 Å². The van der Waals surface area contributed by atoms with Crippen molar-refractivity contribution in [3.8, 4) is 0 Å². The average molecular weight is 184 g/mol. The fourth-order valence-electron chi connectivity index (χ4n) is 1.39. The zero-order chi connectivity index (χ0) is 9.68. The van der Waals surface area contributed by atoms with Gasteiger partial charge in [-0.3, -0.25) is 0 Å². The molecule has 0 aromatic carbocycles. The average Bonchev–Trinajstić information content (AvgIpc) is 2.14.